The quantitative estimate of drug-likeness (QED) is 0.518. The number of halogens is 4. The number of hydrogen-bond donors (Lipinski definition) is 1. The van der Waals surface area contributed by atoms with Gasteiger partial charge in [-0.15, -0.1) is 0 Å². The summed E-state index contributed by atoms with van der Waals surface area (Å²) >= 11 is 5.99. The Kier molecular flexibility index (Phi) is 6.13. The van der Waals surface area contributed by atoms with E-state index in [0.29, 0.717) is 23.3 Å². The van der Waals surface area contributed by atoms with Crippen LogP contribution >= 0.6 is 11.6 Å². The lowest BCUT2D eigenvalue weighted by atomic mass is 9.81. The molecular weight excluding hydrogens is 445 g/mol. The molecule has 0 aromatic heterocycles. The predicted octanol–water partition coefficient (Wildman–Crippen LogP) is 7.14. The number of benzene rings is 2. The van der Waals surface area contributed by atoms with Crippen molar-refractivity contribution >= 4 is 23.0 Å². The Balaban J connectivity index is 2.01. The molecule has 0 saturated carbocycles. The highest BCUT2D eigenvalue weighted by Gasteiger charge is 2.47. The summed E-state index contributed by atoms with van der Waals surface area (Å²) in [5, 5.41) is 10.6. The molecule has 0 amide bonds. The molecule has 8 heteroatoms. The van der Waals surface area contributed by atoms with Crippen molar-refractivity contribution in [1.82, 2.24) is 0 Å². The van der Waals surface area contributed by atoms with E-state index in [2.05, 4.69) is 0 Å². The van der Waals surface area contributed by atoms with Gasteiger partial charge in [-0.3, -0.25) is 4.79 Å². The highest BCUT2D eigenvalue weighted by Crippen LogP contribution is 2.42. The predicted molar refractivity (Wildman–Crippen MR) is 116 cm³/mol. The van der Waals surface area contributed by atoms with Crippen LogP contribution in [-0.4, -0.2) is 22.1 Å². The number of aliphatic hydroxyl groups is 1. The fourth-order valence-corrected chi connectivity index (χ4v) is 3.97. The van der Waals surface area contributed by atoms with Gasteiger partial charge in [0.15, 0.2) is 5.78 Å². The molecule has 2 aromatic carbocycles. The average Bonchev–Trinajstić information content (AvgIpc) is 2.67. The van der Waals surface area contributed by atoms with Crippen molar-refractivity contribution in [3.8, 4) is 11.5 Å². The van der Waals surface area contributed by atoms with E-state index in [9.17, 15) is 23.1 Å². The van der Waals surface area contributed by atoms with Gasteiger partial charge in [-0.1, -0.05) is 24.6 Å². The number of alkyl halides is 3. The molecular formula is C24H24ClF3O4. The van der Waals surface area contributed by atoms with Gasteiger partial charge in [0.25, 0.3) is 0 Å². The van der Waals surface area contributed by atoms with Crippen LogP contribution in [0.2, 0.25) is 5.02 Å². The second-order valence-corrected chi connectivity index (χ2v) is 9.00. The third kappa shape index (κ3) is 4.50. The second-order valence-electron chi connectivity index (χ2n) is 8.59. The Morgan fingerprint density at radius 3 is 2.28 bits per heavy atom. The lowest BCUT2D eigenvalue weighted by Crippen LogP contribution is -2.49. The number of Topliss-reactive ketones (excluding diaryl/α,β-unsaturated/α-hetero) is 1. The fraction of sp³-hybridized carbons (Fsp3) is 0.375. The SMILES string of the molecule is CCc1cc(Oc2ccc(C(F)(F)F)cc2Cl)ccc1C1=C(O)C(C)(C)OC(C)(C)C1=O. The maximum atomic E-state index is 13.1. The summed E-state index contributed by atoms with van der Waals surface area (Å²) in [5.74, 6) is -0.0919. The van der Waals surface area contributed by atoms with Crippen molar-refractivity contribution < 1.29 is 32.5 Å². The van der Waals surface area contributed by atoms with Crippen molar-refractivity contribution in [2.24, 2.45) is 0 Å². The van der Waals surface area contributed by atoms with E-state index >= 15 is 0 Å². The Labute approximate surface area is 189 Å². The first kappa shape index (κ1) is 24.1. The first-order chi connectivity index (χ1) is 14.7. The molecule has 0 bridgehead atoms. The summed E-state index contributed by atoms with van der Waals surface area (Å²) < 4.78 is 50.1. The number of carbonyl (C=O) groups excluding carboxylic acids is 1. The van der Waals surface area contributed by atoms with Gasteiger partial charge in [-0.05, 0) is 75.6 Å². The number of ether oxygens (including phenoxy) is 2. The van der Waals surface area contributed by atoms with Crippen molar-refractivity contribution in [1.29, 1.82) is 0 Å². The van der Waals surface area contributed by atoms with Crippen LogP contribution in [-0.2, 0) is 22.1 Å². The van der Waals surface area contributed by atoms with E-state index in [1.54, 1.807) is 45.9 Å². The van der Waals surface area contributed by atoms with Crippen LogP contribution in [0.1, 0.15) is 51.3 Å². The zero-order valence-electron chi connectivity index (χ0n) is 18.4. The first-order valence-corrected chi connectivity index (χ1v) is 10.4. The van der Waals surface area contributed by atoms with E-state index in [-0.39, 0.29) is 27.9 Å². The number of hydrogen-bond acceptors (Lipinski definition) is 4. The zero-order valence-corrected chi connectivity index (χ0v) is 19.1. The third-order valence-corrected chi connectivity index (χ3v) is 5.60. The molecule has 0 spiro atoms. The topological polar surface area (TPSA) is 55.8 Å². The van der Waals surface area contributed by atoms with Gasteiger partial charge >= 0.3 is 6.18 Å². The standard InChI is InChI=1S/C24H24ClF3O4/c1-6-13-11-15(31-18-10-7-14(12-17(18)25)24(26,27)28)8-9-16(13)19-20(29)22(2,3)32-23(4,5)21(19)30/h7-12,29H,6H2,1-5H3. The summed E-state index contributed by atoms with van der Waals surface area (Å²) in [6.07, 6.45) is -3.99. The summed E-state index contributed by atoms with van der Waals surface area (Å²) in [6, 6.07) is 7.75. The molecule has 32 heavy (non-hydrogen) atoms. The highest BCUT2D eigenvalue weighted by molar-refractivity contribution is 6.32. The molecule has 0 saturated heterocycles. The molecule has 0 radical (unpaired) electrons. The summed E-state index contributed by atoms with van der Waals surface area (Å²) in [6.45, 7) is 8.56. The number of carbonyl (C=O) groups is 1. The third-order valence-electron chi connectivity index (χ3n) is 5.31. The van der Waals surface area contributed by atoms with E-state index in [1.165, 1.54) is 0 Å². The number of aliphatic hydroxyl groups excluding tert-OH is 1. The minimum atomic E-state index is -4.51. The summed E-state index contributed by atoms with van der Waals surface area (Å²) in [7, 11) is 0. The van der Waals surface area contributed by atoms with Gasteiger partial charge in [0.2, 0.25) is 0 Å². The van der Waals surface area contributed by atoms with Crippen molar-refractivity contribution in [3.05, 3.63) is 63.9 Å². The lowest BCUT2D eigenvalue weighted by Gasteiger charge is -2.40. The van der Waals surface area contributed by atoms with Crippen LogP contribution in [0.5, 0.6) is 11.5 Å². The van der Waals surface area contributed by atoms with Crippen LogP contribution in [0.3, 0.4) is 0 Å². The second kappa shape index (κ2) is 8.12. The van der Waals surface area contributed by atoms with E-state index in [0.717, 1.165) is 18.2 Å². The minimum absolute atomic E-state index is 0.0703. The minimum Gasteiger partial charge on any atom is -0.508 e. The Morgan fingerprint density at radius 2 is 1.72 bits per heavy atom. The molecule has 0 aliphatic carbocycles. The molecule has 3 rings (SSSR count). The van der Waals surface area contributed by atoms with E-state index in [4.69, 9.17) is 21.1 Å². The van der Waals surface area contributed by atoms with Gasteiger partial charge in [-0.25, -0.2) is 0 Å². The maximum absolute atomic E-state index is 13.1. The van der Waals surface area contributed by atoms with Crippen molar-refractivity contribution in [2.45, 2.75) is 58.4 Å². The number of ketones is 1. The molecule has 0 fully saturated rings. The molecule has 0 unspecified atom stereocenters. The summed E-state index contributed by atoms with van der Waals surface area (Å²) in [5.41, 5.74) is -1.61. The van der Waals surface area contributed by atoms with E-state index < -0.39 is 22.9 Å². The average molecular weight is 469 g/mol. The first-order valence-electron chi connectivity index (χ1n) is 10.0. The molecule has 2 aromatic rings. The summed E-state index contributed by atoms with van der Waals surface area (Å²) in [4.78, 5) is 13.1. The normalized spacial score (nSPS) is 18.1. The van der Waals surface area contributed by atoms with Crippen LogP contribution in [0.25, 0.3) is 5.57 Å². The van der Waals surface area contributed by atoms with Crippen molar-refractivity contribution in [3.63, 3.8) is 0 Å². The van der Waals surface area contributed by atoms with Gasteiger partial charge in [-0.2, -0.15) is 13.2 Å². The smallest absolute Gasteiger partial charge is 0.416 e. The molecule has 1 aliphatic rings. The largest absolute Gasteiger partial charge is 0.508 e. The maximum Gasteiger partial charge on any atom is 0.416 e. The van der Waals surface area contributed by atoms with Gasteiger partial charge < -0.3 is 14.6 Å². The zero-order chi connectivity index (χ0) is 24.1. The van der Waals surface area contributed by atoms with Gasteiger partial charge in [0, 0.05) is 0 Å². The Bertz CT molecular complexity index is 1100. The Hall–Kier alpha value is -2.51. The molecule has 4 nitrogen and oxygen atoms in total. The van der Waals surface area contributed by atoms with Gasteiger partial charge in [0.1, 0.15) is 28.5 Å². The van der Waals surface area contributed by atoms with Crippen LogP contribution < -0.4 is 4.74 Å². The molecule has 1 N–H and O–H groups in total. The highest BCUT2D eigenvalue weighted by atomic mass is 35.5. The van der Waals surface area contributed by atoms with E-state index in [1.807, 2.05) is 6.92 Å². The van der Waals surface area contributed by atoms with Crippen LogP contribution in [0.15, 0.2) is 42.2 Å². The van der Waals surface area contributed by atoms with Crippen LogP contribution in [0.4, 0.5) is 13.2 Å². The number of aryl methyl sites for hydroxylation is 1. The lowest BCUT2D eigenvalue weighted by molar-refractivity contribution is -0.158. The monoisotopic (exact) mass is 468 g/mol. The molecule has 1 heterocycles. The Morgan fingerprint density at radius 1 is 1.06 bits per heavy atom. The number of rotatable bonds is 4. The fourth-order valence-electron chi connectivity index (χ4n) is 3.75. The van der Waals surface area contributed by atoms with Crippen molar-refractivity contribution in [2.75, 3.05) is 0 Å². The molecule has 0 atom stereocenters. The molecule has 172 valence electrons. The van der Waals surface area contributed by atoms with Gasteiger partial charge in [0.05, 0.1) is 16.2 Å². The molecule has 1 aliphatic heterocycles. The van der Waals surface area contributed by atoms with Crippen LogP contribution in [0, 0.1) is 0 Å².